The number of nitro groups is 1. The van der Waals surface area contributed by atoms with Crippen LogP contribution >= 0.6 is 11.6 Å². The van der Waals surface area contributed by atoms with Crippen molar-refractivity contribution in [2.75, 3.05) is 11.8 Å². The molecule has 0 amide bonds. The summed E-state index contributed by atoms with van der Waals surface area (Å²) in [6, 6.07) is 6.73. The molecule has 0 fully saturated rings. The second-order valence-electron chi connectivity index (χ2n) is 5.12. The van der Waals surface area contributed by atoms with Crippen molar-refractivity contribution in [2.45, 2.75) is 18.7 Å². The van der Waals surface area contributed by atoms with Crippen molar-refractivity contribution in [3.05, 3.63) is 56.6 Å². The first kappa shape index (κ1) is 18.0. The average Bonchev–Trinajstić information content (AvgIpc) is 2.47. The third kappa shape index (κ3) is 3.60. The Hall–Kier alpha value is -2.32. The van der Waals surface area contributed by atoms with Crippen LogP contribution in [-0.2, 0) is 10.0 Å². The number of methoxy groups -OCH3 is 1. The van der Waals surface area contributed by atoms with Crippen LogP contribution in [0.15, 0.2) is 35.2 Å². The largest absolute Gasteiger partial charge is 0.497 e. The van der Waals surface area contributed by atoms with E-state index < -0.39 is 14.9 Å². The molecule has 2 aromatic rings. The minimum Gasteiger partial charge on any atom is -0.497 e. The Bertz CT molecular complexity index is 889. The van der Waals surface area contributed by atoms with Crippen LogP contribution < -0.4 is 9.46 Å². The van der Waals surface area contributed by atoms with E-state index in [1.54, 1.807) is 26.0 Å². The molecule has 0 aliphatic rings. The summed E-state index contributed by atoms with van der Waals surface area (Å²) in [5.74, 6) is 0.539. The van der Waals surface area contributed by atoms with Crippen LogP contribution in [0.4, 0.5) is 11.4 Å². The van der Waals surface area contributed by atoms with Gasteiger partial charge in [-0.3, -0.25) is 14.8 Å². The number of nitrogens with one attached hydrogen (secondary N) is 1. The van der Waals surface area contributed by atoms with E-state index in [9.17, 15) is 18.5 Å². The van der Waals surface area contributed by atoms with Crippen molar-refractivity contribution in [1.82, 2.24) is 0 Å². The molecule has 0 bridgehead atoms. The van der Waals surface area contributed by atoms with Crippen molar-refractivity contribution < 1.29 is 18.1 Å². The van der Waals surface area contributed by atoms with Gasteiger partial charge in [-0.15, -0.1) is 0 Å². The van der Waals surface area contributed by atoms with Gasteiger partial charge in [-0.2, -0.15) is 0 Å². The number of hydrogen-bond donors (Lipinski definition) is 1. The topological polar surface area (TPSA) is 98.5 Å². The predicted octanol–water partition coefficient (Wildman–Crippen LogP) is 3.67. The quantitative estimate of drug-likeness (QED) is 0.639. The zero-order valence-electron chi connectivity index (χ0n) is 13.2. The number of aryl methyl sites for hydroxylation is 2. The van der Waals surface area contributed by atoms with Crippen molar-refractivity contribution in [1.29, 1.82) is 0 Å². The van der Waals surface area contributed by atoms with Gasteiger partial charge in [0.15, 0.2) is 0 Å². The molecule has 128 valence electrons. The molecule has 2 rings (SSSR count). The van der Waals surface area contributed by atoms with E-state index >= 15 is 0 Å². The Balaban J connectivity index is 2.50. The molecule has 0 radical (unpaired) electrons. The molecule has 0 aromatic heterocycles. The van der Waals surface area contributed by atoms with E-state index in [1.165, 1.54) is 19.2 Å². The average molecular weight is 371 g/mol. The highest BCUT2D eigenvalue weighted by Gasteiger charge is 2.22. The van der Waals surface area contributed by atoms with Crippen LogP contribution in [0.1, 0.15) is 11.1 Å². The Kier molecular flexibility index (Phi) is 5.00. The molecule has 0 aliphatic heterocycles. The van der Waals surface area contributed by atoms with Crippen LogP contribution in [0.3, 0.4) is 0 Å². The Morgan fingerprint density at radius 2 is 1.75 bits per heavy atom. The van der Waals surface area contributed by atoms with Gasteiger partial charge >= 0.3 is 0 Å². The molecule has 9 heteroatoms. The van der Waals surface area contributed by atoms with Crippen LogP contribution in [0, 0.1) is 24.0 Å². The fraction of sp³-hybridized carbons (Fsp3) is 0.200. The lowest BCUT2D eigenvalue weighted by molar-refractivity contribution is -0.384. The summed E-state index contributed by atoms with van der Waals surface area (Å²) in [5.41, 5.74) is 0.655. The predicted molar refractivity (Wildman–Crippen MR) is 91.4 cm³/mol. The van der Waals surface area contributed by atoms with Gasteiger partial charge in [-0.05, 0) is 43.2 Å². The summed E-state index contributed by atoms with van der Waals surface area (Å²) in [7, 11) is -2.49. The molecule has 0 aliphatic carbocycles. The second kappa shape index (κ2) is 6.66. The number of benzene rings is 2. The Morgan fingerprint density at radius 3 is 2.25 bits per heavy atom. The standard InChI is InChI=1S/C15H15ClN2O5S/c1-9-6-12(23-3)7-10(2)15(9)24(21,22)17-14-8-11(18(19)20)4-5-13(14)16/h4-8,17H,1-3H3. The molecule has 0 saturated carbocycles. The molecule has 7 nitrogen and oxygen atoms in total. The minimum atomic E-state index is -3.98. The fourth-order valence-electron chi connectivity index (χ4n) is 2.35. The Morgan fingerprint density at radius 1 is 1.17 bits per heavy atom. The van der Waals surface area contributed by atoms with Crippen molar-refractivity contribution in [2.24, 2.45) is 0 Å². The van der Waals surface area contributed by atoms with Gasteiger partial charge < -0.3 is 4.74 Å². The third-order valence-corrected chi connectivity index (χ3v) is 5.34. The normalized spacial score (nSPS) is 11.2. The number of sulfonamides is 1. The molecule has 0 atom stereocenters. The van der Waals surface area contributed by atoms with Crippen LogP contribution in [0.25, 0.3) is 0 Å². The van der Waals surface area contributed by atoms with Gasteiger partial charge in [-0.1, -0.05) is 11.6 Å². The maximum atomic E-state index is 12.7. The van der Waals surface area contributed by atoms with Gasteiger partial charge in [0.2, 0.25) is 0 Å². The van der Waals surface area contributed by atoms with E-state index in [1.807, 2.05) is 0 Å². The fourth-order valence-corrected chi connectivity index (χ4v) is 4.10. The molecule has 2 aromatic carbocycles. The molecule has 1 N–H and O–H groups in total. The van der Waals surface area contributed by atoms with Gasteiger partial charge in [0, 0.05) is 12.1 Å². The monoisotopic (exact) mass is 370 g/mol. The number of nitrogens with zero attached hydrogens (tertiary/aromatic N) is 1. The molecule has 24 heavy (non-hydrogen) atoms. The molecular weight excluding hydrogens is 356 g/mol. The van der Waals surface area contributed by atoms with Crippen molar-refractivity contribution in [3.8, 4) is 5.75 Å². The highest BCUT2D eigenvalue weighted by Crippen LogP contribution is 2.31. The molecular formula is C15H15ClN2O5S. The maximum absolute atomic E-state index is 12.7. The third-order valence-electron chi connectivity index (χ3n) is 3.34. The molecule has 0 heterocycles. The van der Waals surface area contributed by atoms with Crippen LogP contribution in [-0.4, -0.2) is 20.5 Å². The first-order valence-corrected chi connectivity index (χ1v) is 8.64. The molecule has 0 spiro atoms. The lowest BCUT2D eigenvalue weighted by Gasteiger charge is -2.15. The van der Waals surface area contributed by atoms with Gasteiger partial charge in [0.05, 0.1) is 27.6 Å². The highest BCUT2D eigenvalue weighted by molar-refractivity contribution is 7.92. The summed E-state index contributed by atoms with van der Waals surface area (Å²) in [6.45, 7) is 3.28. The van der Waals surface area contributed by atoms with E-state index in [4.69, 9.17) is 16.3 Å². The van der Waals surface area contributed by atoms with E-state index in [0.29, 0.717) is 16.9 Å². The number of rotatable bonds is 5. The lowest BCUT2D eigenvalue weighted by Crippen LogP contribution is -2.16. The SMILES string of the molecule is COc1cc(C)c(S(=O)(=O)Nc2cc([N+](=O)[O-])ccc2Cl)c(C)c1. The van der Waals surface area contributed by atoms with E-state index in [-0.39, 0.29) is 21.3 Å². The zero-order valence-corrected chi connectivity index (χ0v) is 14.7. The minimum absolute atomic E-state index is 0.0551. The number of anilines is 1. The van der Waals surface area contributed by atoms with Gasteiger partial charge in [-0.25, -0.2) is 8.42 Å². The van der Waals surface area contributed by atoms with Crippen molar-refractivity contribution >= 4 is 33.0 Å². The zero-order chi connectivity index (χ0) is 18.1. The number of halogens is 1. The first-order valence-electron chi connectivity index (χ1n) is 6.77. The summed E-state index contributed by atoms with van der Waals surface area (Å²) in [4.78, 5) is 10.3. The summed E-state index contributed by atoms with van der Waals surface area (Å²) >= 11 is 5.95. The summed E-state index contributed by atoms with van der Waals surface area (Å²) < 4.78 is 32.8. The van der Waals surface area contributed by atoms with Gasteiger partial charge in [0.25, 0.3) is 15.7 Å². The summed E-state index contributed by atoms with van der Waals surface area (Å²) in [6.07, 6.45) is 0. The van der Waals surface area contributed by atoms with Crippen LogP contribution in [0.5, 0.6) is 5.75 Å². The summed E-state index contributed by atoms with van der Waals surface area (Å²) in [5, 5.41) is 10.9. The Labute approximate surface area is 144 Å². The van der Waals surface area contributed by atoms with E-state index in [2.05, 4.69) is 4.72 Å². The number of non-ortho nitro benzene ring substituents is 1. The van der Waals surface area contributed by atoms with Gasteiger partial charge in [0.1, 0.15) is 5.75 Å². The molecule has 0 unspecified atom stereocenters. The smallest absolute Gasteiger partial charge is 0.271 e. The number of hydrogen-bond acceptors (Lipinski definition) is 5. The molecule has 0 saturated heterocycles. The number of nitro benzene ring substituents is 1. The maximum Gasteiger partial charge on any atom is 0.271 e. The first-order chi connectivity index (χ1) is 11.2. The second-order valence-corrected chi connectivity index (χ2v) is 7.14. The van der Waals surface area contributed by atoms with Crippen molar-refractivity contribution in [3.63, 3.8) is 0 Å². The number of ether oxygens (including phenoxy) is 1. The highest BCUT2D eigenvalue weighted by atomic mass is 35.5. The van der Waals surface area contributed by atoms with E-state index in [0.717, 1.165) is 6.07 Å². The van der Waals surface area contributed by atoms with Crippen LogP contribution in [0.2, 0.25) is 5.02 Å². The lowest BCUT2D eigenvalue weighted by atomic mass is 10.1.